The smallest absolute Gasteiger partial charge is 0.191 e. The van der Waals surface area contributed by atoms with E-state index in [1.54, 1.807) is 18.4 Å². The van der Waals surface area contributed by atoms with Crippen LogP contribution in [0.4, 0.5) is 5.13 Å². The number of aromatic nitrogens is 2. The van der Waals surface area contributed by atoms with E-state index in [4.69, 9.17) is 0 Å². The molecule has 2 N–H and O–H groups in total. The average Bonchev–Trinajstić information content (AvgIpc) is 3.08. The highest BCUT2D eigenvalue weighted by molar-refractivity contribution is 7.13. The van der Waals surface area contributed by atoms with Gasteiger partial charge in [-0.1, -0.05) is 0 Å². The summed E-state index contributed by atoms with van der Waals surface area (Å²) in [5.74, 6) is 0.776. The molecule has 2 heterocycles. The molecule has 114 valence electrons. The topological polar surface area (TPSA) is 57.5 Å². The zero-order chi connectivity index (χ0) is 15.2. The molecule has 0 spiro atoms. The Morgan fingerprint density at radius 3 is 2.71 bits per heavy atom. The number of aryl methyl sites for hydroxylation is 1. The first-order valence-electron chi connectivity index (χ1n) is 6.75. The molecule has 0 aliphatic rings. The normalized spacial score (nSPS) is 11.5. The lowest BCUT2D eigenvalue weighted by Crippen LogP contribution is -2.36. The van der Waals surface area contributed by atoms with Crippen LogP contribution in [0.3, 0.4) is 0 Å². The van der Waals surface area contributed by atoms with Gasteiger partial charge in [0, 0.05) is 52.5 Å². The highest BCUT2D eigenvalue weighted by Gasteiger charge is 2.05. The van der Waals surface area contributed by atoms with Crippen molar-refractivity contribution < 1.29 is 0 Å². The van der Waals surface area contributed by atoms with Crippen molar-refractivity contribution in [2.45, 2.75) is 13.1 Å². The van der Waals surface area contributed by atoms with E-state index in [2.05, 4.69) is 38.3 Å². The number of anilines is 1. The fourth-order valence-corrected chi connectivity index (χ4v) is 2.59. The van der Waals surface area contributed by atoms with E-state index in [0.717, 1.165) is 23.3 Å². The molecule has 0 radical (unpaired) electrons. The number of guanidine groups is 1. The number of nitrogens with zero attached hydrogens (tertiary/aromatic N) is 4. The van der Waals surface area contributed by atoms with Crippen LogP contribution in [0.5, 0.6) is 0 Å². The Hall–Kier alpha value is -2.02. The summed E-state index contributed by atoms with van der Waals surface area (Å²) in [6.07, 6.45) is 4.12. The van der Waals surface area contributed by atoms with Crippen LogP contribution in [0.25, 0.3) is 0 Å². The van der Waals surface area contributed by atoms with Crippen molar-refractivity contribution in [2.24, 2.45) is 12.0 Å². The summed E-state index contributed by atoms with van der Waals surface area (Å²) >= 11 is 1.64. The van der Waals surface area contributed by atoms with Crippen LogP contribution in [0, 0.1) is 0 Å². The number of aliphatic imine (C=N–C) groups is 1. The highest BCUT2D eigenvalue weighted by atomic mass is 32.1. The summed E-state index contributed by atoms with van der Waals surface area (Å²) in [6.45, 7) is 1.42. The van der Waals surface area contributed by atoms with Gasteiger partial charge in [-0.25, -0.2) is 4.98 Å². The summed E-state index contributed by atoms with van der Waals surface area (Å²) in [6, 6.07) is 2.09. The maximum atomic E-state index is 4.53. The number of nitrogens with one attached hydrogen (secondary N) is 2. The van der Waals surface area contributed by atoms with E-state index in [0.29, 0.717) is 6.54 Å². The third-order valence-electron chi connectivity index (χ3n) is 2.94. The Morgan fingerprint density at radius 2 is 2.14 bits per heavy atom. The number of hydrogen-bond acceptors (Lipinski definition) is 4. The van der Waals surface area contributed by atoms with Crippen molar-refractivity contribution in [3.8, 4) is 0 Å². The van der Waals surface area contributed by atoms with Gasteiger partial charge in [-0.05, 0) is 11.6 Å². The largest absolute Gasteiger partial charge is 0.357 e. The fraction of sp³-hybridized carbons (Fsp3) is 0.429. The quantitative estimate of drug-likeness (QED) is 0.648. The van der Waals surface area contributed by atoms with Gasteiger partial charge in [0.2, 0.25) is 0 Å². The molecule has 0 saturated carbocycles. The minimum atomic E-state index is 0.665. The molecular weight excluding hydrogens is 284 g/mol. The minimum Gasteiger partial charge on any atom is -0.357 e. The minimum absolute atomic E-state index is 0.665. The Morgan fingerprint density at radius 1 is 1.38 bits per heavy atom. The molecule has 0 aliphatic carbocycles. The average molecular weight is 306 g/mol. The zero-order valence-corrected chi connectivity index (χ0v) is 13.7. The molecule has 0 unspecified atom stereocenters. The first-order valence-corrected chi connectivity index (χ1v) is 7.63. The molecule has 0 amide bonds. The lowest BCUT2D eigenvalue weighted by atomic mass is 10.3. The van der Waals surface area contributed by atoms with Crippen LogP contribution in [0.2, 0.25) is 0 Å². The summed E-state index contributed by atoms with van der Waals surface area (Å²) in [5, 5.41) is 9.64. The van der Waals surface area contributed by atoms with Gasteiger partial charge in [-0.2, -0.15) is 0 Å². The van der Waals surface area contributed by atoms with Crippen molar-refractivity contribution in [1.29, 1.82) is 0 Å². The van der Waals surface area contributed by atoms with E-state index in [1.165, 1.54) is 5.56 Å². The van der Waals surface area contributed by atoms with E-state index in [1.807, 2.05) is 36.8 Å². The number of hydrogen-bond donors (Lipinski definition) is 2. The Labute approximate surface area is 129 Å². The number of thiazole rings is 1. The van der Waals surface area contributed by atoms with Crippen LogP contribution < -0.4 is 15.5 Å². The van der Waals surface area contributed by atoms with Gasteiger partial charge in [0.25, 0.3) is 0 Å². The Kier molecular flexibility index (Phi) is 5.21. The van der Waals surface area contributed by atoms with E-state index in [-0.39, 0.29) is 0 Å². The predicted octanol–water partition coefficient (Wildman–Crippen LogP) is 1.41. The standard InChI is InChI=1S/C14H22N6S/c1-15-13(16-7-11-5-6-20(4)9-11)17-8-12-10-21-14(18-12)19(2)3/h5-6,9-10H,7-8H2,1-4H3,(H2,15,16,17). The SMILES string of the molecule is CN=C(NCc1ccn(C)c1)NCc1csc(N(C)C)n1. The molecule has 0 saturated heterocycles. The maximum absolute atomic E-state index is 4.53. The number of rotatable bonds is 5. The Bertz CT molecular complexity index is 598. The van der Waals surface area contributed by atoms with Crippen LogP contribution in [-0.4, -0.2) is 36.7 Å². The molecule has 21 heavy (non-hydrogen) atoms. The van der Waals surface area contributed by atoms with Gasteiger partial charge in [0.15, 0.2) is 11.1 Å². The first-order chi connectivity index (χ1) is 10.1. The molecule has 0 atom stereocenters. The van der Waals surface area contributed by atoms with Crippen LogP contribution >= 0.6 is 11.3 Å². The molecule has 0 aliphatic heterocycles. The molecular formula is C14H22N6S. The maximum Gasteiger partial charge on any atom is 0.191 e. The third-order valence-corrected chi connectivity index (χ3v) is 3.99. The van der Waals surface area contributed by atoms with E-state index in [9.17, 15) is 0 Å². The zero-order valence-electron chi connectivity index (χ0n) is 12.9. The second-order valence-corrected chi connectivity index (χ2v) is 5.82. The van der Waals surface area contributed by atoms with Gasteiger partial charge >= 0.3 is 0 Å². The lowest BCUT2D eigenvalue weighted by molar-refractivity contribution is 0.795. The summed E-state index contributed by atoms with van der Waals surface area (Å²) in [4.78, 5) is 10.8. The van der Waals surface area contributed by atoms with Crippen molar-refractivity contribution in [1.82, 2.24) is 20.2 Å². The molecule has 6 nitrogen and oxygen atoms in total. The second kappa shape index (κ2) is 7.12. The molecule has 2 rings (SSSR count). The van der Waals surface area contributed by atoms with Gasteiger partial charge in [-0.3, -0.25) is 4.99 Å². The first kappa shape index (κ1) is 15.4. The fourth-order valence-electron chi connectivity index (χ4n) is 1.83. The van der Waals surface area contributed by atoms with E-state index >= 15 is 0 Å². The lowest BCUT2D eigenvalue weighted by Gasteiger charge is -2.10. The second-order valence-electron chi connectivity index (χ2n) is 4.98. The van der Waals surface area contributed by atoms with Crippen molar-refractivity contribution >= 4 is 22.4 Å². The van der Waals surface area contributed by atoms with Crippen LogP contribution in [0.1, 0.15) is 11.3 Å². The monoisotopic (exact) mass is 306 g/mol. The molecule has 2 aromatic heterocycles. The molecule has 7 heteroatoms. The van der Waals surface area contributed by atoms with Gasteiger partial charge in [0.1, 0.15) is 0 Å². The summed E-state index contributed by atoms with van der Waals surface area (Å²) in [7, 11) is 7.78. The summed E-state index contributed by atoms with van der Waals surface area (Å²) < 4.78 is 2.03. The van der Waals surface area contributed by atoms with Crippen molar-refractivity contribution in [2.75, 3.05) is 26.0 Å². The highest BCUT2D eigenvalue weighted by Crippen LogP contribution is 2.17. The van der Waals surface area contributed by atoms with Gasteiger partial charge < -0.3 is 20.1 Å². The molecule has 0 aromatic carbocycles. The van der Waals surface area contributed by atoms with Crippen LogP contribution in [-0.2, 0) is 20.1 Å². The van der Waals surface area contributed by atoms with Crippen molar-refractivity contribution in [3.63, 3.8) is 0 Å². The molecule has 0 fully saturated rings. The van der Waals surface area contributed by atoms with E-state index < -0.39 is 0 Å². The van der Waals surface area contributed by atoms with Gasteiger partial charge in [-0.15, -0.1) is 11.3 Å². The van der Waals surface area contributed by atoms with Crippen LogP contribution in [0.15, 0.2) is 28.8 Å². The molecule has 0 bridgehead atoms. The van der Waals surface area contributed by atoms with Gasteiger partial charge in [0.05, 0.1) is 12.2 Å². The van der Waals surface area contributed by atoms with Crippen molar-refractivity contribution in [3.05, 3.63) is 35.1 Å². The predicted molar refractivity (Wildman–Crippen MR) is 88.9 cm³/mol. The molecule has 2 aromatic rings. The Balaban J connectivity index is 1.82. The third kappa shape index (κ3) is 4.49. The summed E-state index contributed by atoms with van der Waals surface area (Å²) in [5.41, 5.74) is 2.25.